The molecule has 6 aliphatic rings. The Kier molecular flexibility index (Phi) is 13.2. The van der Waals surface area contributed by atoms with Crippen molar-refractivity contribution in [2.45, 2.75) is 192 Å². The van der Waals surface area contributed by atoms with Gasteiger partial charge in [-0.25, -0.2) is 4.89 Å². The van der Waals surface area contributed by atoms with Crippen molar-refractivity contribution < 1.29 is 75.1 Å². The second kappa shape index (κ2) is 16.4. The van der Waals surface area contributed by atoms with E-state index in [1.54, 1.807) is 6.92 Å². The maximum absolute atomic E-state index is 12.5. The maximum Gasteiger partial charge on any atom is 0.187 e. The van der Waals surface area contributed by atoms with Gasteiger partial charge in [-0.05, 0) is 123 Å². The molecule has 4 aliphatic carbocycles. The molecule has 0 amide bonds. The second-order valence-corrected chi connectivity index (χ2v) is 20.2. The van der Waals surface area contributed by atoms with Crippen molar-refractivity contribution in [2.24, 2.45) is 45.3 Å². The summed E-state index contributed by atoms with van der Waals surface area (Å²) in [6, 6.07) is 0. The van der Waals surface area contributed by atoms with Crippen LogP contribution in [0.4, 0.5) is 0 Å². The van der Waals surface area contributed by atoms with Crippen molar-refractivity contribution in [3.05, 3.63) is 12.2 Å². The summed E-state index contributed by atoms with van der Waals surface area (Å²) >= 11 is 0. The molecule has 0 spiro atoms. The summed E-state index contributed by atoms with van der Waals surface area (Å²) in [7, 11) is 0. The third-order valence-corrected chi connectivity index (χ3v) is 17.1. The standard InChI is InChI=1S/C42H72O15/c1-20(2)23(57-52)10-16-42(8,56-37-35(51)33(49)31(47)25(19-44)54-37)21-9-14-41(7)29(21)22(45)17-27-39(5)13-12-28(38(3,4)26(39)11-15-40(27,41)6)55-36-34(50)32(48)30(46)24(18-43)53-36/h21-37,43-52H,1,9-19H2,2-8H3. The minimum atomic E-state index is -1.62. The van der Waals surface area contributed by atoms with Crippen LogP contribution in [0.15, 0.2) is 12.2 Å². The molecule has 330 valence electrons. The van der Waals surface area contributed by atoms with E-state index in [1.165, 1.54) is 0 Å². The van der Waals surface area contributed by atoms with E-state index in [1.807, 2.05) is 6.92 Å². The Balaban J connectivity index is 1.27. The molecule has 0 aromatic rings. The Labute approximate surface area is 336 Å². The fourth-order valence-corrected chi connectivity index (χ4v) is 13.6. The zero-order chi connectivity index (χ0) is 42.2. The summed E-state index contributed by atoms with van der Waals surface area (Å²) in [6.45, 7) is 17.9. The van der Waals surface area contributed by atoms with Gasteiger partial charge in [0.25, 0.3) is 0 Å². The number of aliphatic hydroxyl groups excluding tert-OH is 9. The van der Waals surface area contributed by atoms with Gasteiger partial charge in [-0.15, -0.1) is 0 Å². The average molecular weight is 817 g/mol. The SMILES string of the molecule is C=C(C)C(CCC(C)(OC1OC(CO)C(O)C(O)C1O)C1CCC2(C)C1C(O)CC1C3(C)CCC(OC4OC(CO)C(O)C(O)C4O)C(C)(C)C3CCC12C)OO. The van der Waals surface area contributed by atoms with Crippen molar-refractivity contribution in [1.82, 2.24) is 0 Å². The van der Waals surface area contributed by atoms with Crippen molar-refractivity contribution in [1.29, 1.82) is 0 Å². The molecule has 0 aromatic carbocycles. The summed E-state index contributed by atoms with van der Waals surface area (Å²) in [4.78, 5) is 4.78. The summed E-state index contributed by atoms with van der Waals surface area (Å²) in [6.07, 6.45) is -9.99. The summed E-state index contributed by atoms with van der Waals surface area (Å²) < 4.78 is 24.8. The van der Waals surface area contributed by atoms with Gasteiger partial charge in [0.15, 0.2) is 12.6 Å². The molecule has 15 heteroatoms. The van der Waals surface area contributed by atoms with Crippen LogP contribution < -0.4 is 0 Å². The van der Waals surface area contributed by atoms with Crippen LogP contribution in [-0.4, -0.2) is 150 Å². The average Bonchev–Trinajstić information content (AvgIpc) is 3.54. The largest absolute Gasteiger partial charge is 0.394 e. The van der Waals surface area contributed by atoms with Crippen LogP contribution in [0.5, 0.6) is 0 Å². The van der Waals surface area contributed by atoms with Crippen LogP contribution in [-0.2, 0) is 23.8 Å². The summed E-state index contributed by atoms with van der Waals surface area (Å²) in [5.41, 5.74) is -1.62. The Morgan fingerprint density at radius 1 is 0.754 bits per heavy atom. The summed E-state index contributed by atoms with van der Waals surface area (Å²) in [5, 5.41) is 106. The van der Waals surface area contributed by atoms with Crippen LogP contribution in [0.1, 0.15) is 106 Å². The van der Waals surface area contributed by atoms with Gasteiger partial charge in [-0.3, -0.25) is 5.26 Å². The highest BCUT2D eigenvalue weighted by Gasteiger charge is 2.72. The van der Waals surface area contributed by atoms with E-state index in [0.29, 0.717) is 37.7 Å². The van der Waals surface area contributed by atoms with Crippen LogP contribution in [0.25, 0.3) is 0 Å². The Bertz CT molecular complexity index is 1410. The quantitative estimate of drug-likeness (QED) is 0.0582. The predicted molar refractivity (Wildman–Crippen MR) is 204 cm³/mol. The molecule has 2 heterocycles. The lowest BCUT2D eigenvalue weighted by molar-refractivity contribution is -0.339. The first kappa shape index (κ1) is 45.7. The number of fused-ring (bicyclic) bond motifs is 5. The number of ether oxygens (including phenoxy) is 4. The molecule has 6 rings (SSSR count). The highest BCUT2D eigenvalue weighted by atomic mass is 17.1. The highest BCUT2D eigenvalue weighted by Crippen LogP contribution is 2.76. The van der Waals surface area contributed by atoms with E-state index in [0.717, 1.165) is 25.7 Å². The van der Waals surface area contributed by atoms with Crippen LogP contribution in [0.3, 0.4) is 0 Å². The third-order valence-electron chi connectivity index (χ3n) is 17.1. The van der Waals surface area contributed by atoms with E-state index in [9.17, 15) is 51.2 Å². The topological polar surface area (TPSA) is 248 Å². The molecule has 57 heavy (non-hydrogen) atoms. The minimum absolute atomic E-state index is 0.138. The van der Waals surface area contributed by atoms with Gasteiger partial charge >= 0.3 is 0 Å². The molecular weight excluding hydrogens is 744 g/mol. The zero-order valence-corrected chi connectivity index (χ0v) is 34.8. The molecule has 6 fully saturated rings. The van der Waals surface area contributed by atoms with Crippen molar-refractivity contribution >= 4 is 0 Å². The molecule has 15 nitrogen and oxygen atoms in total. The van der Waals surface area contributed by atoms with Crippen molar-refractivity contribution in [2.75, 3.05) is 13.2 Å². The first-order valence-corrected chi connectivity index (χ1v) is 21.1. The van der Waals surface area contributed by atoms with Gasteiger partial charge in [-0.2, -0.15) is 0 Å². The summed E-state index contributed by atoms with van der Waals surface area (Å²) in [5.74, 6) is -0.171. The molecule has 4 saturated carbocycles. The molecule has 10 N–H and O–H groups in total. The van der Waals surface area contributed by atoms with E-state index < -0.39 is 97.8 Å². The monoisotopic (exact) mass is 816 g/mol. The van der Waals surface area contributed by atoms with Gasteiger partial charge in [-0.1, -0.05) is 41.2 Å². The van der Waals surface area contributed by atoms with E-state index in [2.05, 4.69) is 41.2 Å². The van der Waals surface area contributed by atoms with Crippen LogP contribution in [0.2, 0.25) is 0 Å². The zero-order valence-electron chi connectivity index (χ0n) is 34.8. The molecular formula is C42H72O15. The maximum atomic E-state index is 12.5. The molecule has 0 aromatic heterocycles. The van der Waals surface area contributed by atoms with Crippen LogP contribution in [0, 0.1) is 45.3 Å². The smallest absolute Gasteiger partial charge is 0.187 e. The lowest BCUT2D eigenvalue weighted by Crippen LogP contribution is -2.67. The minimum Gasteiger partial charge on any atom is -0.394 e. The molecule has 0 bridgehead atoms. The predicted octanol–water partition coefficient (Wildman–Crippen LogP) is 1.62. The molecule has 21 atom stereocenters. The first-order valence-electron chi connectivity index (χ1n) is 21.1. The number of hydrogen-bond donors (Lipinski definition) is 10. The van der Waals surface area contributed by atoms with Gasteiger partial charge in [0, 0.05) is 0 Å². The number of rotatable bonds is 12. The van der Waals surface area contributed by atoms with E-state index in [4.69, 9.17) is 23.8 Å². The van der Waals surface area contributed by atoms with Gasteiger partial charge in [0.1, 0.15) is 54.9 Å². The van der Waals surface area contributed by atoms with Crippen LogP contribution >= 0.6 is 0 Å². The molecule has 21 unspecified atom stereocenters. The Morgan fingerprint density at radius 3 is 1.88 bits per heavy atom. The fourth-order valence-electron chi connectivity index (χ4n) is 13.6. The van der Waals surface area contributed by atoms with E-state index >= 15 is 0 Å². The van der Waals surface area contributed by atoms with Gasteiger partial charge < -0.3 is 64.9 Å². The molecule has 2 aliphatic heterocycles. The highest BCUT2D eigenvalue weighted by molar-refractivity contribution is 5.20. The molecule has 2 saturated heterocycles. The third kappa shape index (κ3) is 7.39. The Morgan fingerprint density at radius 2 is 1.32 bits per heavy atom. The number of aliphatic hydroxyl groups is 9. The number of hydrogen-bond acceptors (Lipinski definition) is 15. The normalized spacial score (nSPS) is 51.2. The van der Waals surface area contributed by atoms with Crippen molar-refractivity contribution in [3.63, 3.8) is 0 Å². The van der Waals surface area contributed by atoms with Gasteiger partial charge in [0.2, 0.25) is 0 Å². The molecule has 0 radical (unpaired) electrons. The first-order chi connectivity index (χ1) is 26.6. The Hall–Kier alpha value is -0.860. The second-order valence-electron chi connectivity index (χ2n) is 20.2. The van der Waals surface area contributed by atoms with Gasteiger partial charge in [0.05, 0.1) is 31.0 Å². The van der Waals surface area contributed by atoms with Crippen molar-refractivity contribution in [3.8, 4) is 0 Å². The lowest BCUT2D eigenvalue weighted by Gasteiger charge is -2.71. The lowest BCUT2D eigenvalue weighted by atomic mass is 9.35. The van der Waals surface area contributed by atoms with E-state index in [-0.39, 0.29) is 46.0 Å². The fraction of sp³-hybridized carbons (Fsp3) is 0.952.